The van der Waals surface area contributed by atoms with Crippen LogP contribution in [0, 0.1) is 5.82 Å². The molecular formula is C19H19F4N3O3. The molecule has 0 aliphatic heterocycles. The molecule has 10 heteroatoms. The van der Waals surface area contributed by atoms with E-state index in [1.165, 1.54) is 18.2 Å². The van der Waals surface area contributed by atoms with Crippen molar-refractivity contribution in [1.82, 2.24) is 0 Å². The van der Waals surface area contributed by atoms with Crippen LogP contribution in [0.2, 0.25) is 0 Å². The highest BCUT2D eigenvalue weighted by atomic mass is 19.4. The molecule has 29 heavy (non-hydrogen) atoms. The Labute approximate surface area is 164 Å². The Hall–Kier alpha value is -3.30. The monoisotopic (exact) mass is 413 g/mol. The van der Waals surface area contributed by atoms with Crippen molar-refractivity contribution in [2.24, 2.45) is 0 Å². The molecule has 0 aromatic heterocycles. The number of rotatable bonds is 3. The van der Waals surface area contributed by atoms with Crippen LogP contribution in [0.4, 0.5) is 44.2 Å². The lowest BCUT2D eigenvalue weighted by atomic mass is 10.2. The Kier molecular flexibility index (Phi) is 6.35. The van der Waals surface area contributed by atoms with E-state index in [9.17, 15) is 27.2 Å². The molecule has 0 radical (unpaired) electrons. The molecular weight excluding hydrogens is 394 g/mol. The van der Waals surface area contributed by atoms with Gasteiger partial charge in [0.1, 0.15) is 11.4 Å². The molecule has 0 unspecified atom stereocenters. The van der Waals surface area contributed by atoms with E-state index in [-0.39, 0.29) is 17.1 Å². The van der Waals surface area contributed by atoms with Crippen molar-refractivity contribution in [2.75, 3.05) is 16.0 Å². The molecule has 2 aromatic rings. The Morgan fingerprint density at radius 3 is 2.07 bits per heavy atom. The maximum absolute atomic E-state index is 14.1. The number of benzene rings is 2. The fourth-order valence-electron chi connectivity index (χ4n) is 2.17. The first-order chi connectivity index (χ1) is 13.3. The number of ether oxygens (including phenoxy) is 1. The quantitative estimate of drug-likeness (QED) is 0.554. The van der Waals surface area contributed by atoms with Crippen LogP contribution in [0.25, 0.3) is 0 Å². The lowest BCUT2D eigenvalue weighted by Gasteiger charge is -2.20. The number of nitrogens with one attached hydrogen (secondary N) is 3. The van der Waals surface area contributed by atoms with Crippen LogP contribution < -0.4 is 16.0 Å². The molecule has 0 fully saturated rings. The molecule has 0 heterocycles. The van der Waals surface area contributed by atoms with Crippen LogP contribution >= 0.6 is 0 Å². The lowest BCUT2D eigenvalue weighted by Crippen LogP contribution is -2.27. The molecule has 0 saturated heterocycles. The van der Waals surface area contributed by atoms with Gasteiger partial charge in [0, 0.05) is 11.4 Å². The molecule has 6 nitrogen and oxygen atoms in total. The first-order valence-electron chi connectivity index (χ1n) is 8.38. The number of hydrogen-bond donors (Lipinski definition) is 3. The Balaban J connectivity index is 2.01. The van der Waals surface area contributed by atoms with Gasteiger partial charge in [-0.3, -0.25) is 5.32 Å². The van der Waals surface area contributed by atoms with Crippen LogP contribution in [-0.2, 0) is 10.9 Å². The van der Waals surface area contributed by atoms with Crippen molar-refractivity contribution in [3.05, 3.63) is 53.8 Å². The fraction of sp³-hybridized carbons (Fsp3) is 0.263. The van der Waals surface area contributed by atoms with E-state index in [2.05, 4.69) is 16.0 Å². The van der Waals surface area contributed by atoms with Gasteiger partial charge in [-0.2, -0.15) is 13.2 Å². The third-order valence-corrected chi connectivity index (χ3v) is 3.31. The number of anilines is 3. The van der Waals surface area contributed by atoms with E-state index >= 15 is 0 Å². The van der Waals surface area contributed by atoms with Gasteiger partial charge >= 0.3 is 18.3 Å². The maximum atomic E-state index is 14.1. The third-order valence-electron chi connectivity index (χ3n) is 3.31. The molecule has 156 valence electrons. The van der Waals surface area contributed by atoms with Gasteiger partial charge in [0.15, 0.2) is 0 Å². The Morgan fingerprint density at radius 1 is 0.897 bits per heavy atom. The SMILES string of the molecule is CC(C)(C)OC(=O)Nc1ccc(NC(=O)Nc2cccc(C(F)(F)F)c2)cc1F. The summed E-state index contributed by atoms with van der Waals surface area (Å²) >= 11 is 0. The van der Waals surface area contributed by atoms with Crippen molar-refractivity contribution in [3.63, 3.8) is 0 Å². The van der Waals surface area contributed by atoms with E-state index in [4.69, 9.17) is 4.74 Å². The molecule has 0 spiro atoms. The second-order valence-electron chi connectivity index (χ2n) is 6.98. The molecule has 0 saturated carbocycles. The maximum Gasteiger partial charge on any atom is 0.416 e. The van der Waals surface area contributed by atoms with Crippen molar-refractivity contribution in [1.29, 1.82) is 0 Å². The largest absolute Gasteiger partial charge is 0.444 e. The summed E-state index contributed by atoms with van der Waals surface area (Å²) in [5.74, 6) is -0.840. The minimum absolute atomic E-state index is 0.0294. The Bertz CT molecular complexity index is 908. The number of halogens is 4. The van der Waals surface area contributed by atoms with E-state index < -0.39 is 35.3 Å². The summed E-state index contributed by atoms with van der Waals surface area (Å²) < 4.78 is 57.3. The minimum atomic E-state index is -4.55. The highest BCUT2D eigenvalue weighted by Crippen LogP contribution is 2.30. The highest BCUT2D eigenvalue weighted by Gasteiger charge is 2.30. The van der Waals surface area contributed by atoms with E-state index in [1.807, 2.05) is 0 Å². The van der Waals surface area contributed by atoms with Gasteiger partial charge in [-0.25, -0.2) is 14.0 Å². The van der Waals surface area contributed by atoms with Crippen LogP contribution in [0.5, 0.6) is 0 Å². The molecule has 2 aromatic carbocycles. The smallest absolute Gasteiger partial charge is 0.416 e. The number of carbonyl (C=O) groups is 2. The molecule has 0 aliphatic carbocycles. The fourth-order valence-corrected chi connectivity index (χ4v) is 2.17. The number of amides is 3. The predicted octanol–water partition coefficient (Wildman–Crippen LogP) is 5.84. The van der Waals surface area contributed by atoms with Gasteiger partial charge in [-0.05, 0) is 57.2 Å². The molecule has 0 aliphatic rings. The number of carbonyl (C=O) groups excluding carboxylic acids is 2. The lowest BCUT2D eigenvalue weighted by molar-refractivity contribution is -0.137. The topological polar surface area (TPSA) is 79.5 Å². The van der Waals surface area contributed by atoms with E-state index in [0.29, 0.717) is 0 Å². The zero-order valence-corrected chi connectivity index (χ0v) is 15.8. The molecule has 0 atom stereocenters. The second kappa shape index (κ2) is 8.38. The van der Waals surface area contributed by atoms with Gasteiger partial charge in [0.25, 0.3) is 0 Å². The molecule has 0 bridgehead atoms. The normalized spacial score (nSPS) is 11.6. The minimum Gasteiger partial charge on any atom is -0.444 e. The average Bonchev–Trinajstić information content (AvgIpc) is 2.55. The summed E-state index contributed by atoms with van der Waals surface area (Å²) in [6, 6.07) is 6.66. The van der Waals surface area contributed by atoms with Gasteiger partial charge in [0.05, 0.1) is 11.3 Å². The van der Waals surface area contributed by atoms with E-state index in [1.54, 1.807) is 20.8 Å². The van der Waals surface area contributed by atoms with Gasteiger partial charge in [-0.1, -0.05) is 6.07 Å². The average molecular weight is 413 g/mol. The van der Waals surface area contributed by atoms with Gasteiger partial charge < -0.3 is 15.4 Å². The standard InChI is InChI=1S/C19H19F4N3O3/c1-18(2,3)29-17(28)26-15-8-7-13(10-14(15)20)25-16(27)24-12-6-4-5-11(9-12)19(21,22)23/h4-10H,1-3H3,(H,26,28)(H2,24,25,27). The van der Waals surface area contributed by atoms with E-state index in [0.717, 1.165) is 24.3 Å². The zero-order chi connectivity index (χ0) is 21.8. The summed E-state index contributed by atoms with van der Waals surface area (Å²) in [7, 11) is 0. The molecule has 3 amide bonds. The Morgan fingerprint density at radius 2 is 1.52 bits per heavy atom. The van der Waals surface area contributed by atoms with Crippen molar-refractivity contribution in [3.8, 4) is 0 Å². The second-order valence-corrected chi connectivity index (χ2v) is 6.98. The first-order valence-corrected chi connectivity index (χ1v) is 8.38. The summed E-state index contributed by atoms with van der Waals surface area (Å²) in [5, 5.41) is 6.76. The zero-order valence-electron chi connectivity index (χ0n) is 15.8. The van der Waals surface area contributed by atoms with Gasteiger partial charge in [0.2, 0.25) is 0 Å². The van der Waals surface area contributed by atoms with Crippen LogP contribution in [0.3, 0.4) is 0 Å². The van der Waals surface area contributed by atoms with Crippen molar-refractivity contribution >= 4 is 29.2 Å². The first kappa shape index (κ1) is 22.0. The van der Waals surface area contributed by atoms with Crippen LogP contribution in [0.15, 0.2) is 42.5 Å². The predicted molar refractivity (Wildman–Crippen MR) is 100 cm³/mol. The highest BCUT2D eigenvalue weighted by molar-refractivity contribution is 6.00. The van der Waals surface area contributed by atoms with Crippen LogP contribution in [-0.4, -0.2) is 17.7 Å². The number of hydrogen-bond acceptors (Lipinski definition) is 3. The molecule has 3 N–H and O–H groups in total. The summed E-state index contributed by atoms with van der Waals surface area (Å²) in [4.78, 5) is 23.6. The molecule has 2 rings (SSSR count). The third kappa shape index (κ3) is 6.98. The van der Waals surface area contributed by atoms with Crippen molar-refractivity contribution in [2.45, 2.75) is 32.5 Å². The summed E-state index contributed by atoms with van der Waals surface area (Å²) in [5.41, 5.74) is -1.89. The van der Waals surface area contributed by atoms with Crippen molar-refractivity contribution < 1.29 is 31.9 Å². The summed E-state index contributed by atoms with van der Waals surface area (Å²) in [6.45, 7) is 4.96. The number of urea groups is 1. The van der Waals surface area contributed by atoms with Gasteiger partial charge in [-0.15, -0.1) is 0 Å². The van der Waals surface area contributed by atoms with Crippen LogP contribution in [0.1, 0.15) is 26.3 Å². The summed E-state index contributed by atoms with van der Waals surface area (Å²) in [6.07, 6.45) is -5.40. The number of alkyl halides is 3.